The summed E-state index contributed by atoms with van der Waals surface area (Å²) in [6.45, 7) is 2.18. The number of rotatable bonds is 1. The maximum Gasteiger partial charge on any atom is 0.134 e. The monoisotopic (exact) mass is 288 g/mol. The van der Waals surface area contributed by atoms with Crippen molar-refractivity contribution in [3.63, 3.8) is 0 Å². The van der Waals surface area contributed by atoms with E-state index < -0.39 is 0 Å². The fraction of sp³-hybridized carbons (Fsp3) is 0.333. The van der Waals surface area contributed by atoms with E-state index in [4.69, 9.17) is 0 Å². The predicted molar refractivity (Wildman–Crippen MR) is 59.4 cm³/mol. The van der Waals surface area contributed by atoms with Crippen LogP contribution in [0.3, 0.4) is 0 Å². The van der Waals surface area contributed by atoms with Gasteiger partial charge in [-0.3, -0.25) is 0 Å². The Morgan fingerprint density at radius 2 is 1.85 bits per heavy atom. The lowest BCUT2D eigenvalue weighted by Gasteiger charge is -2.16. The summed E-state index contributed by atoms with van der Waals surface area (Å²) in [5, 5.41) is 7.58. The minimum atomic E-state index is 0.107. The molecule has 0 spiro atoms. The molecule has 0 saturated carbocycles. The Kier molecular flexibility index (Phi) is 2.23. The van der Waals surface area contributed by atoms with Gasteiger partial charge in [-0.2, -0.15) is 0 Å². The van der Waals surface area contributed by atoms with E-state index in [9.17, 15) is 0 Å². The third-order valence-electron chi connectivity index (χ3n) is 2.07. The molecule has 1 aromatic rings. The van der Waals surface area contributed by atoms with Gasteiger partial charge in [0.05, 0.1) is 0 Å². The van der Waals surface area contributed by atoms with Crippen LogP contribution in [0.15, 0.2) is 16.8 Å². The van der Waals surface area contributed by atoms with E-state index in [1.54, 1.807) is 0 Å². The molecule has 4 heteroatoms. The van der Waals surface area contributed by atoms with Crippen LogP contribution in [0.1, 0.15) is 18.3 Å². The number of fused-ring (bicyclic) bond motifs is 1. The molecule has 1 aliphatic carbocycles. The summed E-state index contributed by atoms with van der Waals surface area (Å²) in [6.07, 6.45) is 8.19. The van der Waals surface area contributed by atoms with Crippen molar-refractivity contribution in [3.8, 4) is 0 Å². The van der Waals surface area contributed by atoms with Crippen molar-refractivity contribution in [2.24, 2.45) is 5.41 Å². The quantitative estimate of drug-likeness (QED) is 0.589. The molecule has 3 nitrogen and oxygen atoms in total. The Labute approximate surface area is 90.0 Å². The molecule has 0 bridgehead atoms. The minimum Gasteiger partial charge on any atom is -0.243 e. The van der Waals surface area contributed by atoms with Gasteiger partial charge >= 0.3 is 0 Å². The second-order valence-electron chi connectivity index (χ2n) is 3.34. The van der Waals surface area contributed by atoms with Gasteiger partial charge in [-0.25, -0.2) is 4.63 Å². The highest BCUT2D eigenvalue weighted by atomic mass is 127. The molecule has 0 saturated heterocycles. The van der Waals surface area contributed by atoms with E-state index in [1.807, 2.05) is 12.2 Å². The maximum atomic E-state index is 4.62. The van der Waals surface area contributed by atoms with Crippen molar-refractivity contribution < 1.29 is 4.63 Å². The standard InChI is InChI=1S/C9H9IN2O/c1-9(6-10)4-2-7-8(3-5-9)12-13-11-7/h2-5H,6H2,1H3. The highest BCUT2D eigenvalue weighted by Crippen LogP contribution is 2.28. The van der Waals surface area contributed by atoms with Gasteiger partial charge in [0.25, 0.3) is 0 Å². The molecule has 1 aliphatic rings. The Balaban J connectivity index is 2.43. The van der Waals surface area contributed by atoms with Crippen molar-refractivity contribution in [2.45, 2.75) is 6.92 Å². The molecule has 0 aromatic carbocycles. The average molecular weight is 288 g/mol. The topological polar surface area (TPSA) is 38.9 Å². The molecule has 0 atom stereocenters. The lowest BCUT2D eigenvalue weighted by atomic mass is 9.93. The number of allylic oxidation sites excluding steroid dienone is 2. The van der Waals surface area contributed by atoms with Crippen molar-refractivity contribution >= 4 is 34.7 Å². The minimum absolute atomic E-state index is 0.107. The number of hydrogen-bond donors (Lipinski definition) is 0. The number of alkyl halides is 1. The van der Waals surface area contributed by atoms with E-state index in [0.717, 1.165) is 15.8 Å². The largest absolute Gasteiger partial charge is 0.243 e. The molecule has 68 valence electrons. The number of halogens is 1. The summed E-state index contributed by atoms with van der Waals surface area (Å²) in [4.78, 5) is 0. The van der Waals surface area contributed by atoms with Crippen LogP contribution in [0, 0.1) is 5.41 Å². The van der Waals surface area contributed by atoms with Gasteiger partial charge < -0.3 is 0 Å². The third-order valence-corrected chi connectivity index (χ3v) is 3.72. The van der Waals surface area contributed by atoms with Crippen LogP contribution in [0.2, 0.25) is 0 Å². The van der Waals surface area contributed by atoms with Crippen LogP contribution in [0.4, 0.5) is 0 Å². The van der Waals surface area contributed by atoms with Crippen LogP contribution < -0.4 is 0 Å². The molecule has 1 aromatic heterocycles. The van der Waals surface area contributed by atoms with Gasteiger partial charge in [-0.1, -0.05) is 41.7 Å². The predicted octanol–water partition coefficient (Wildman–Crippen LogP) is 2.55. The van der Waals surface area contributed by atoms with Crippen LogP contribution in [-0.4, -0.2) is 14.7 Å². The second-order valence-corrected chi connectivity index (χ2v) is 4.10. The van der Waals surface area contributed by atoms with Crippen molar-refractivity contribution in [3.05, 3.63) is 23.5 Å². The molecule has 0 fully saturated rings. The van der Waals surface area contributed by atoms with Gasteiger partial charge in [0.2, 0.25) is 0 Å². The van der Waals surface area contributed by atoms with Crippen molar-refractivity contribution in [2.75, 3.05) is 4.43 Å². The summed E-state index contributed by atoms with van der Waals surface area (Å²) >= 11 is 2.37. The van der Waals surface area contributed by atoms with Gasteiger partial charge in [-0.05, 0) is 22.5 Å². The smallest absolute Gasteiger partial charge is 0.134 e. The highest BCUT2D eigenvalue weighted by molar-refractivity contribution is 14.1. The maximum absolute atomic E-state index is 4.62. The number of hydrogen-bond acceptors (Lipinski definition) is 3. The van der Waals surface area contributed by atoms with Gasteiger partial charge in [-0.15, -0.1) is 0 Å². The van der Waals surface area contributed by atoms with Crippen molar-refractivity contribution in [1.82, 2.24) is 10.3 Å². The second kappa shape index (κ2) is 3.25. The molecular formula is C9H9IN2O. The van der Waals surface area contributed by atoms with Crippen LogP contribution in [0.5, 0.6) is 0 Å². The Morgan fingerprint density at radius 1 is 1.31 bits per heavy atom. The summed E-state index contributed by atoms with van der Waals surface area (Å²) in [5.74, 6) is 0. The zero-order valence-electron chi connectivity index (χ0n) is 7.20. The zero-order valence-corrected chi connectivity index (χ0v) is 9.35. The lowest BCUT2D eigenvalue weighted by Crippen LogP contribution is -2.09. The molecule has 0 unspecified atom stereocenters. The highest BCUT2D eigenvalue weighted by Gasteiger charge is 2.19. The summed E-state index contributed by atoms with van der Waals surface area (Å²) < 4.78 is 5.66. The SMILES string of the molecule is CC1(CI)C=Cc2nonc2C=C1. The molecule has 0 N–H and O–H groups in total. The third kappa shape index (κ3) is 1.67. The molecule has 0 amide bonds. The Morgan fingerprint density at radius 3 is 2.31 bits per heavy atom. The summed E-state index contributed by atoms with van der Waals surface area (Å²) in [5.41, 5.74) is 1.73. The fourth-order valence-corrected chi connectivity index (χ4v) is 1.63. The molecule has 0 aliphatic heterocycles. The molecule has 13 heavy (non-hydrogen) atoms. The molecule has 1 heterocycles. The molecule has 2 rings (SSSR count). The first kappa shape index (κ1) is 8.93. The Bertz CT molecular complexity index is 339. The zero-order chi connectivity index (χ0) is 9.31. The van der Waals surface area contributed by atoms with E-state index in [2.05, 4.69) is 56.6 Å². The summed E-state index contributed by atoms with van der Waals surface area (Å²) in [7, 11) is 0. The Hall–Kier alpha value is -0.650. The van der Waals surface area contributed by atoms with E-state index in [0.29, 0.717) is 0 Å². The van der Waals surface area contributed by atoms with Gasteiger partial charge in [0.15, 0.2) is 0 Å². The van der Waals surface area contributed by atoms with Gasteiger partial charge in [0.1, 0.15) is 11.4 Å². The van der Waals surface area contributed by atoms with Crippen LogP contribution in [0.25, 0.3) is 12.2 Å². The van der Waals surface area contributed by atoms with E-state index in [-0.39, 0.29) is 5.41 Å². The first-order valence-electron chi connectivity index (χ1n) is 4.00. The molecule has 0 radical (unpaired) electrons. The number of nitrogens with zero attached hydrogens (tertiary/aromatic N) is 2. The number of aromatic nitrogens is 2. The van der Waals surface area contributed by atoms with E-state index >= 15 is 0 Å². The fourth-order valence-electron chi connectivity index (χ4n) is 1.12. The van der Waals surface area contributed by atoms with Crippen molar-refractivity contribution in [1.29, 1.82) is 0 Å². The lowest BCUT2D eigenvalue weighted by molar-refractivity contribution is 0.305. The first-order valence-corrected chi connectivity index (χ1v) is 5.53. The molecular weight excluding hydrogens is 279 g/mol. The van der Waals surface area contributed by atoms with Crippen LogP contribution in [-0.2, 0) is 0 Å². The van der Waals surface area contributed by atoms with Gasteiger partial charge in [0, 0.05) is 9.84 Å². The average Bonchev–Trinajstić information content (AvgIpc) is 2.54. The van der Waals surface area contributed by atoms with E-state index in [1.165, 1.54) is 0 Å². The first-order chi connectivity index (χ1) is 6.23. The van der Waals surface area contributed by atoms with Crippen LogP contribution >= 0.6 is 22.6 Å². The normalized spacial score (nSPS) is 18.3. The summed E-state index contributed by atoms with van der Waals surface area (Å²) in [6, 6.07) is 0.